The smallest absolute Gasteiger partial charge is 0.239 e. The number of halogens is 1. The molecule has 1 aromatic rings. The first kappa shape index (κ1) is 11.6. The molecule has 7 heteroatoms. The molecule has 0 saturated carbocycles. The van der Waals surface area contributed by atoms with Crippen molar-refractivity contribution in [1.29, 1.82) is 0 Å². The number of nitrogens with two attached hydrogens (primary N) is 1. The molecule has 0 spiro atoms. The highest BCUT2D eigenvalue weighted by atomic mass is 19.1. The average Bonchev–Trinajstić information content (AvgIpc) is 2.21. The first-order chi connectivity index (χ1) is 7.17. The minimum absolute atomic E-state index is 0.0509. The summed E-state index contributed by atoms with van der Waals surface area (Å²) in [5.74, 6) is 4.83. The number of hydrazine groups is 1. The number of hydrogen-bond acceptors (Lipinski definition) is 6. The first-order valence-corrected chi connectivity index (χ1v) is 4.42. The van der Waals surface area contributed by atoms with Gasteiger partial charge in [-0.15, -0.1) is 0 Å². The molecule has 0 aliphatic carbocycles. The molecule has 6 nitrogen and oxygen atoms in total. The summed E-state index contributed by atoms with van der Waals surface area (Å²) >= 11 is 0. The van der Waals surface area contributed by atoms with Crippen LogP contribution in [0.1, 0.15) is 6.92 Å². The molecule has 1 unspecified atom stereocenters. The van der Waals surface area contributed by atoms with Crippen molar-refractivity contribution < 1.29 is 9.13 Å². The number of nitrogens with zero attached hydrogens (tertiary/aromatic N) is 2. The normalized spacial score (nSPS) is 12.3. The van der Waals surface area contributed by atoms with Gasteiger partial charge in [-0.05, 0) is 6.92 Å². The van der Waals surface area contributed by atoms with E-state index in [1.54, 1.807) is 7.11 Å². The highest BCUT2D eigenvalue weighted by Gasteiger charge is 2.09. The van der Waals surface area contributed by atoms with Crippen LogP contribution in [-0.2, 0) is 4.74 Å². The molecule has 0 aliphatic rings. The van der Waals surface area contributed by atoms with E-state index in [4.69, 9.17) is 10.6 Å². The number of ether oxygens (including phenoxy) is 1. The fourth-order valence-corrected chi connectivity index (χ4v) is 1.06. The third-order valence-corrected chi connectivity index (χ3v) is 1.67. The van der Waals surface area contributed by atoms with Gasteiger partial charge in [0.05, 0.1) is 12.8 Å². The van der Waals surface area contributed by atoms with Crippen LogP contribution in [0.5, 0.6) is 0 Å². The predicted octanol–water partition coefficient (Wildman–Crippen LogP) is 0.348. The van der Waals surface area contributed by atoms with Crippen molar-refractivity contribution in [2.24, 2.45) is 5.84 Å². The molecule has 0 aromatic carbocycles. The Hall–Kier alpha value is -1.47. The number of anilines is 2. The summed E-state index contributed by atoms with van der Waals surface area (Å²) in [5.41, 5.74) is 2.24. The van der Waals surface area contributed by atoms with Gasteiger partial charge in [-0.3, -0.25) is 5.43 Å². The molecule has 4 N–H and O–H groups in total. The van der Waals surface area contributed by atoms with E-state index >= 15 is 0 Å². The summed E-state index contributed by atoms with van der Waals surface area (Å²) < 4.78 is 18.1. The van der Waals surface area contributed by atoms with E-state index in [0.717, 1.165) is 6.20 Å². The lowest BCUT2D eigenvalue weighted by Crippen LogP contribution is -2.23. The van der Waals surface area contributed by atoms with Crippen molar-refractivity contribution in [2.45, 2.75) is 13.0 Å². The van der Waals surface area contributed by atoms with Gasteiger partial charge < -0.3 is 10.1 Å². The van der Waals surface area contributed by atoms with Crippen LogP contribution < -0.4 is 16.6 Å². The highest BCUT2D eigenvalue weighted by Crippen LogP contribution is 2.12. The Bertz CT molecular complexity index is 322. The Kier molecular flexibility index (Phi) is 4.19. The molecular weight excluding hydrogens is 201 g/mol. The molecular formula is C8H14FN5O. The number of nitrogen functional groups attached to an aromatic ring is 1. The summed E-state index contributed by atoms with van der Waals surface area (Å²) in [4.78, 5) is 7.44. The standard InChI is InChI=1S/C8H14FN5O/c1-5(4-15-2)12-7-6(9)3-11-8(13-7)14-10/h3,5H,4,10H2,1-2H3,(H2,11,12,13,14). The molecule has 0 fully saturated rings. The molecule has 0 bridgehead atoms. The minimum Gasteiger partial charge on any atom is -0.383 e. The van der Waals surface area contributed by atoms with Crippen LogP contribution in [-0.4, -0.2) is 29.7 Å². The summed E-state index contributed by atoms with van der Waals surface area (Å²) in [7, 11) is 1.57. The van der Waals surface area contributed by atoms with Crippen LogP contribution >= 0.6 is 0 Å². The first-order valence-electron chi connectivity index (χ1n) is 4.42. The second-order valence-electron chi connectivity index (χ2n) is 3.04. The second-order valence-corrected chi connectivity index (χ2v) is 3.04. The van der Waals surface area contributed by atoms with Gasteiger partial charge >= 0.3 is 0 Å². The molecule has 1 rings (SSSR count). The van der Waals surface area contributed by atoms with Gasteiger partial charge in [-0.1, -0.05) is 0 Å². The Morgan fingerprint density at radius 2 is 2.40 bits per heavy atom. The van der Waals surface area contributed by atoms with E-state index < -0.39 is 5.82 Å². The number of methoxy groups -OCH3 is 1. The predicted molar refractivity (Wildman–Crippen MR) is 54.8 cm³/mol. The molecule has 0 radical (unpaired) electrons. The molecule has 0 saturated heterocycles. The number of hydrogen-bond donors (Lipinski definition) is 3. The molecule has 0 aliphatic heterocycles. The maximum Gasteiger partial charge on any atom is 0.239 e. The van der Waals surface area contributed by atoms with E-state index in [2.05, 4.69) is 20.7 Å². The minimum atomic E-state index is -0.531. The van der Waals surface area contributed by atoms with E-state index in [-0.39, 0.29) is 17.8 Å². The summed E-state index contributed by atoms with van der Waals surface area (Å²) in [5, 5.41) is 2.84. The Morgan fingerprint density at radius 1 is 1.67 bits per heavy atom. The molecule has 0 amide bonds. The third-order valence-electron chi connectivity index (χ3n) is 1.67. The summed E-state index contributed by atoms with van der Waals surface area (Å²) in [6.07, 6.45) is 1.05. The van der Waals surface area contributed by atoms with Gasteiger partial charge in [0.1, 0.15) is 0 Å². The topological polar surface area (TPSA) is 85.1 Å². The monoisotopic (exact) mass is 215 g/mol. The van der Waals surface area contributed by atoms with Crippen molar-refractivity contribution >= 4 is 11.8 Å². The van der Waals surface area contributed by atoms with Crippen LogP contribution in [0.15, 0.2) is 6.20 Å². The van der Waals surface area contributed by atoms with Crippen molar-refractivity contribution in [1.82, 2.24) is 9.97 Å². The van der Waals surface area contributed by atoms with Crippen molar-refractivity contribution in [3.05, 3.63) is 12.0 Å². The SMILES string of the molecule is COCC(C)Nc1nc(NN)ncc1F. The van der Waals surface area contributed by atoms with Crippen molar-refractivity contribution in [3.8, 4) is 0 Å². The Balaban J connectivity index is 2.74. The van der Waals surface area contributed by atoms with Gasteiger partial charge in [0.2, 0.25) is 5.95 Å². The zero-order chi connectivity index (χ0) is 11.3. The Labute approximate surface area is 87.0 Å². The summed E-state index contributed by atoms with van der Waals surface area (Å²) in [6.45, 7) is 2.30. The van der Waals surface area contributed by atoms with Crippen LogP contribution in [0.3, 0.4) is 0 Å². The fraction of sp³-hybridized carbons (Fsp3) is 0.500. The summed E-state index contributed by atoms with van der Waals surface area (Å²) in [6, 6.07) is -0.0509. The fourth-order valence-electron chi connectivity index (χ4n) is 1.06. The molecule has 1 heterocycles. The van der Waals surface area contributed by atoms with Gasteiger partial charge in [-0.2, -0.15) is 4.98 Å². The highest BCUT2D eigenvalue weighted by molar-refractivity contribution is 5.41. The second kappa shape index (κ2) is 5.42. The quantitative estimate of drug-likeness (QED) is 0.485. The largest absolute Gasteiger partial charge is 0.383 e. The Morgan fingerprint density at radius 3 is 3.00 bits per heavy atom. The number of nitrogens with one attached hydrogen (secondary N) is 2. The van der Waals surface area contributed by atoms with Crippen molar-refractivity contribution in [3.63, 3.8) is 0 Å². The van der Waals surface area contributed by atoms with Gasteiger partial charge in [0.15, 0.2) is 11.6 Å². The van der Waals surface area contributed by atoms with E-state index in [0.29, 0.717) is 6.61 Å². The lowest BCUT2D eigenvalue weighted by atomic mass is 10.3. The number of aromatic nitrogens is 2. The van der Waals surface area contributed by atoms with Gasteiger partial charge in [-0.25, -0.2) is 15.2 Å². The average molecular weight is 215 g/mol. The zero-order valence-electron chi connectivity index (χ0n) is 8.62. The van der Waals surface area contributed by atoms with Crippen LogP contribution in [0.25, 0.3) is 0 Å². The lowest BCUT2D eigenvalue weighted by Gasteiger charge is -2.14. The molecule has 84 valence electrons. The van der Waals surface area contributed by atoms with Crippen LogP contribution in [0.4, 0.5) is 16.2 Å². The maximum absolute atomic E-state index is 13.2. The van der Waals surface area contributed by atoms with Crippen molar-refractivity contribution in [2.75, 3.05) is 24.5 Å². The molecule has 1 atom stereocenters. The third kappa shape index (κ3) is 3.30. The lowest BCUT2D eigenvalue weighted by molar-refractivity contribution is 0.190. The van der Waals surface area contributed by atoms with E-state index in [1.807, 2.05) is 6.92 Å². The molecule has 15 heavy (non-hydrogen) atoms. The van der Waals surface area contributed by atoms with Gasteiger partial charge in [0, 0.05) is 13.2 Å². The van der Waals surface area contributed by atoms with Gasteiger partial charge in [0.25, 0.3) is 0 Å². The maximum atomic E-state index is 13.2. The van der Waals surface area contributed by atoms with Crippen LogP contribution in [0, 0.1) is 5.82 Å². The number of rotatable bonds is 5. The zero-order valence-corrected chi connectivity index (χ0v) is 8.62. The van der Waals surface area contributed by atoms with E-state index in [1.165, 1.54) is 0 Å². The van der Waals surface area contributed by atoms with E-state index in [9.17, 15) is 4.39 Å². The molecule has 1 aromatic heterocycles. The van der Waals surface area contributed by atoms with Crippen LogP contribution in [0.2, 0.25) is 0 Å².